The summed E-state index contributed by atoms with van der Waals surface area (Å²) in [6.45, 7) is 2.04. The van der Waals surface area contributed by atoms with Crippen molar-refractivity contribution < 1.29 is 22.3 Å². The van der Waals surface area contributed by atoms with Gasteiger partial charge in [0.05, 0.1) is 23.1 Å². The standard InChI is InChI=1S/C21H20F4N2O2/c1-4-11-29-15-10-9-14(22)17-18(15)26-20(21(23,24)25)16(19(17)28)12-5-7-13(8-6-12)27(2)3/h5-10H,4,11H2,1-3H3,(H,26,28). The molecule has 0 fully saturated rings. The summed E-state index contributed by atoms with van der Waals surface area (Å²) in [6.07, 6.45) is -4.25. The van der Waals surface area contributed by atoms with Crippen molar-refractivity contribution in [2.45, 2.75) is 19.5 Å². The van der Waals surface area contributed by atoms with Crippen molar-refractivity contribution in [2.24, 2.45) is 0 Å². The zero-order valence-corrected chi connectivity index (χ0v) is 16.2. The third kappa shape index (κ3) is 3.92. The van der Waals surface area contributed by atoms with E-state index in [2.05, 4.69) is 4.98 Å². The summed E-state index contributed by atoms with van der Waals surface area (Å²) in [5.74, 6) is -0.912. The van der Waals surface area contributed by atoms with E-state index >= 15 is 0 Å². The topological polar surface area (TPSA) is 45.3 Å². The van der Waals surface area contributed by atoms with Crippen LogP contribution in [-0.2, 0) is 6.18 Å². The Morgan fingerprint density at radius 2 is 1.72 bits per heavy atom. The fraction of sp³-hybridized carbons (Fsp3) is 0.286. The number of anilines is 1. The number of hydrogen-bond donors (Lipinski definition) is 1. The Labute approximate surface area is 164 Å². The highest BCUT2D eigenvalue weighted by atomic mass is 19.4. The van der Waals surface area contributed by atoms with Gasteiger partial charge in [-0.15, -0.1) is 0 Å². The van der Waals surface area contributed by atoms with Gasteiger partial charge in [0.25, 0.3) is 0 Å². The van der Waals surface area contributed by atoms with Crippen molar-refractivity contribution in [1.29, 1.82) is 0 Å². The Kier molecular flexibility index (Phi) is 5.55. The van der Waals surface area contributed by atoms with Crippen molar-refractivity contribution >= 4 is 16.6 Å². The molecule has 0 aliphatic rings. The molecule has 0 aliphatic heterocycles. The molecule has 0 bridgehead atoms. The monoisotopic (exact) mass is 408 g/mol. The van der Waals surface area contributed by atoms with Gasteiger partial charge in [-0.2, -0.15) is 13.2 Å². The third-order valence-electron chi connectivity index (χ3n) is 4.49. The largest absolute Gasteiger partial charge is 0.491 e. The first-order valence-corrected chi connectivity index (χ1v) is 9.01. The van der Waals surface area contributed by atoms with Crippen LogP contribution in [0.3, 0.4) is 0 Å². The normalized spacial score (nSPS) is 11.7. The summed E-state index contributed by atoms with van der Waals surface area (Å²) in [5, 5.41) is -0.460. The van der Waals surface area contributed by atoms with E-state index in [1.807, 2.05) is 6.92 Å². The molecule has 8 heteroatoms. The zero-order chi connectivity index (χ0) is 21.3. The number of fused-ring (bicyclic) bond motifs is 1. The van der Waals surface area contributed by atoms with Gasteiger partial charge in [-0.3, -0.25) is 4.79 Å². The van der Waals surface area contributed by atoms with Crippen LogP contribution in [0.15, 0.2) is 41.2 Å². The second-order valence-electron chi connectivity index (χ2n) is 6.79. The van der Waals surface area contributed by atoms with Crippen molar-refractivity contribution in [3.63, 3.8) is 0 Å². The second-order valence-corrected chi connectivity index (χ2v) is 6.79. The number of nitrogens with one attached hydrogen (secondary N) is 1. The van der Waals surface area contributed by atoms with Crippen LogP contribution in [0.4, 0.5) is 23.2 Å². The molecule has 0 atom stereocenters. The molecule has 3 rings (SSSR count). The fourth-order valence-corrected chi connectivity index (χ4v) is 3.08. The van der Waals surface area contributed by atoms with Gasteiger partial charge in [0.2, 0.25) is 5.43 Å². The summed E-state index contributed by atoms with van der Waals surface area (Å²) >= 11 is 0. The molecule has 154 valence electrons. The molecule has 0 unspecified atom stereocenters. The molecule has 1 heterocycles. The molecule has 0 spiro atoms. The number of aromatic nitrogens is 1. The molecule has 0 saturated heterocycles. The van der Waals surface area contributed by atoms with Crippen LogP contribution < -0.4 is 15.1 Å². The second kappa shape index (κ2) is 7.77. The predicted molar refractivity (Wildman–Crippen MR) is 105 cm³/mol. The number of aromatic amines is 1. The minimum absolute atomic E-state index is 0.000329. The number of ether oxygens (including phenoxy) is 1. The van der Waals surface area contributed by atoms with E-state index in [0.717, 1.165) is 11.8 Å². The summed E-state index contributed by atoms with van der Waals surface area (Å²) in [5.41, 5.74) is -2.40. The maximum atomic E-state index is 14.5. The number of halogens is 4. The first-order chi connectivity index (χ1) is 13.6. The van der Waals surface area contributed by atoms with E-state index in [1.165, 1.54) is 18.2 Å². The maximum Gasteiger partial charge on any atom is 0.432 e. The number of alkyl halides is 3. The SMILES string of the molecule is CCCOc1ccc(F)c2c(=O)c(-c3ccc(N(C)C)cc3)c(C(F)(F)F)[nH]c12. The van der Waals surface area contributed by atoms with Crippen LogP contribution in [0.1, 0.15) is 19.0 Å². The van der Waals surface area contributed by atoms with Gasteiger partial charge in [-0.1, -0.05) is 19.1 Å². The Bertz CT molecular complexity index is 1090. The summed E-state index contributed by atoms with van der Waals surface area (Å²) in [4.78, 5) is 17.0. The van der Waals surface area contributed by atoms with E-state index < -0.39 is 34.1 Å². The van der Waals surface area contributed by atoms with Gasteiger partial charge in [-0.25, -0.2) is 4.39 Å². The van der Waals surface area contributed by atoms with E-state index in [4.69, 9.17) is 4.74 Å². The van der Waals surface area contributed by atoms with Gasteiger partial charge in [0.1, 0.15) is 17.3 Å². The molecule has 0 radical (unpaired) electrons. The van der Waals surface area contributed by atoms with Crippen LogP contribution in [0.25, 0.3) is 22.0 Å². The molecule has 2 aromatic carbocycles. The molecule has 0 aliphatic carbocycles. The highest BCUT2D eigenvalue weighted by Crippen LogP contribution is 2.37. The number of rotatable bonds is 5. The summed E-state index contributed by atoms with van der Waals surface area (Å²) < 4.78 is 61.4. The van der Waals surface area contributed by atoms with Crippen molar-refractivity contribution in [3.8, 4) is 16.9 Å². The van der Waals surface area contributed by atoms with E-state index in [0.29, 0.717) is 6.42 Å². The van der Waals surface area contributed by atoms with Gasteiger partial charge in [0.15, 0.2) is 0 Å². The molecule has 3 aromatic rings. The number of H-pyrrole nitrogens is 1. The molecule has 4 nitrogen and oxygen atoms in total. The van der Waals surface area contributed by atoms with Crippen molar-refractivity contribution in [1.82, 2.24) is 4.98 Å². The Morgan fingerprint density at radius 1 is 1.07 bits per heavy atom. The van der Waals surface area contributed by atoms with Gasteiger partial charge >= 0.3 is 6.18 Å². The lowest BCUT2D eigenvalue weighted by atomic mass is 9.99. The minimum atomic E-state index is -4.85. The number of pyridine rings is 1. The van der Waals surface area contributed by atoms with Crippen molar-refractivity contribution in [3.05, 3.63) is 58.1 Å². The first-order valence-electron chi connectivity index (χ1n) is 9.01. The Morgan fingerprint density at radius 3 is 2.28 bits per heavy atom. The highest BCUT2D eigenvalue weighted by Gasteiger charge is 2.37. The fourth-order valence-electron chi connectivity index (χ4n) is 3.08. The molecule has 0 saturated carbocycles. The van der Waals surface area contributed by atoms with Crippen LogP contribution in [0.5, 0.6) is 5.75 Å². The lowest BCUT2D eigenvalue weighted by Gasteiger charge is -2.17. The number of hydrogen-bond acceptors (Lipinski definition) is 3. The van der Waals surface area contributed by atoms with Crippen LogP contribution in [-0.4, -0.2) is 25.7 Å². The molecular formula is C21H20F4N2O2. The van der Waals surface area contributed by atoms with Gasteiger partial charge in [-0.05, 0) is 36.2 Å². The highest BCUT2D eigenvalue weighted by molar-refractivity contribution is 5.89. The Hall–Kier alpha value is -3.03. The number of nitrogens with zero attached hydrogens (tertiary/aromatic N) is 1. The van der Waals surface area contributed by atoms with E-state index in [-0.39, 0.29) is 23.4 Å². The molecule has 0 amide bonds. The lowest BCUT2D eigenvalue weighted by molar-refractivity contribution is -0.140. The average Bonchev–Trinajstić information content (AvgIpc) is 2.66. The van der Waals surface area contributed by atoms with Crippen LogP contribution >= 0.6 is 0 Å². The zero-order valence-electron chi connectivity index (χ0n) is 16.2. The minimum Gasteiger partial charge on any atom is -0.491 e. The van der Waals surface area contributed by atoms with Crippen LogP contribution in [0, 0.1) is 5.82 Å². The van der Waals surface area contributed by atoms with E-state index in [1.54, 1.807) is 31.1 Å². The smallest absolute Gasteiger partial charge is 0.432 e. The molecule has 1 N–H and O–H groups in total. The van der Waals surface area contributed by atoms with E-state index in [9.17, 15) is 22.4 Å². The summed E-state index contributed by atoms with van der Waals surface area (Å²) in [7, 11) is 3.57. The Balaban J connectivity index is 2.36. The summed E-state index contributed by atoms with van der Waals surface area (Å²) in [6, 6.07) is 8.25. The number of benzene rings is 2. The van der Waals surface area contributed by atoms with Gasteiger partial charge < -0.3 is 14.6 Å². The molecule has 1 aromatic heterocycles. The predicted octanol–water partition coefficient (Wildman–Crippen LogP) is 5.21. The van der Waals surface area contributed by atoms with Gasteiger partial charge in [0, 0.05) is 19.8 Å². The molecular weight excluding hydrogens is 388 g/mol. The average molecular weight is 408 g/mol. The quantitative estimate of drug-likeness (QED) is 0.590. The van der Waals surface area contributed by atoms with Crippen molar-refractivity contribution in [2.75, 3.05) is 25.6 Å². The molecule has 29 heavy (non-hydrogen) atoms. The first kappa shape index (κ1) is 20.7. The lowest BCUT2D eigenvalue weighted by Crippen LogP contribution is -2.20. The van der Waals surface area contributed by atoms with Crippen LogP contribution in [0.2, 0.25) is 0 Å². The third-order valence-corrected chi connectivity index (χ3v) is 4.49. The maximum absolute atomic E-state index is 14.5.